The van der Waals surface area contributed by atoms with Crippen molar-refractivity contribution in [1.82, 2.24) is 0 Å². The lowest BCUT2D eigenvalue weighted by Crippen LogP contribution is -2.00. The highest BCUT2D eigenvalue weighted by Crippen LogP contribution is 2.22. The van der Waals surface area contributed by atoms with Crippen LogP contribution in [0, 0.1) is 6.92 Å². The van der Waals surface area contributed by atoms with E-state index in [0.29, 0.717) is 0 Å². The summed E-state index contributed by atoms with van der Waals surface area (Å²) in [5, 5.41) is 3.36. The number of rotatable bonds is 3. The Morgan fingerprint density at radius 3 is 2.83 bits per heavy atom. The molecule has 0 aliphatic carbocycles. The van der Waals surface area contributed by atoms with Gasteiger partial charge in [0.2, 0.25) is 0 Å². The number of nitrogens with one attached hydrogen (secondary N) is 1. The molecule has 0 saturated heterocycles. The molecule has 0 spiro atoms. The molecule has 1 N–H and O–H groups in total. The van der Waals surface area contributed by atoms with Crippen molar-refractivity contribution in [3.63, 3.8) is 0 Å². The van der Waals surface area contributed by atoms with E-state index in [-0.39, 0.29) is 0 Å². The third-order valence-electron chi connectivity index (χ3n) is 1.69. The maximum atomic E-state index is 3.50. The zero-order chi connectivity index (χ0) is 8.97. The highest BCUT2D eigenvalue weighted by molar-refractivity contribution is 9.10. The third-order valence-corrected chi connectivity index (χ3v) is 2.38. The maximum absolute atomic E-state index is 3.50. The molecule has 0 unspecified atom stereocenters. The fraction of sp³-hybridized carbons (Fsp3) is 0.400. The number of aryl methyl sites for hydroxylation is 1. The Morgan fingerprint density at radius 2 is 2.17 bits per heavy atom. The smallest absolute Gasteiger partial charge is 0.0487 e. The highest BCUT2D eigenvalue weighted by atomic mass is 79.9. The fourth-order valence-corrected chi connectivity index (χ4v) is 1.42. The van der Waals surface area contributed by atoms with Crippen molar-refractivity contribution in [2.45, 2.75) is 20.3 Å². The number of hydrogen-bond donors (Lipinski definition) is 1. The van der Waals surface area contributed by atoms with Crippen LogP contribution in [-0.2, 0) is 0 Å². The van der Waals surface area contributed by atoms with E-state index in [1.54, 1.807) is 0 Å². The molecule has 1 aromatic rings. The van der Waals surface area contributed by atoms with Gasteiger partial charge in [0.15, 0.2) is 0 Å². The highest BCUT2D eigenvalue weighted by Gasteiger charge is 1.97. The van der Waals surface area contributed by atoms with Gasteiger partial charge in [-0.2, -0.15) is 0 Å². The van der Waals surface area contributed by atoms with E-state index in [2.05, 4.69) is 53.3 Å². The summed E-state index contributed by atoms with van der Waals surface area (Å²) in [6.07, 6.45) is 1.15. The number of halogens is 1. The predicted molar refractivity (Wildman–Crippen MR) is 57.7 cm³/mol. The van der Waals surface area contributed by atoms with Gasteiger partial charge in [0.25, 0.3) is 0 Å². The summed E-state index contributed by atoms with van der Waals surface area (Å²) in [5.74, 6) is 0. The first-order valence-electron chi connectivity index (χ1n) is 4.24. The van der Waals surface area contributed by atoms with Crippen molar-refractivity contribution in [1.29, 1.82) is 0 Å². The van der Waals surface area contributed by atoms with E-state index in [0.717, 1.165) is 17.4 Å². The van der Waals surface area contributed by atoms with Gasteiger partial charge in [-0.3, -0.25) is 0 Å². The molecule has 1 aromatic carbocycles. The first-order valence-corrected chi connectivity index (χ1v) is 5.03. The minimum atomic E-state index is 1.03. The molecule has 0 fully saturated rings. The topological polar surface area (TPSA) is 12.0 Å². The SMILES string of the molecule is CCCNc1cc(C)ccc1Br. The van der Waals surface area contributed by atoms with Crippen molar-refractivity contribution < 1.29 is 0 Å². The normalized spacial score (nSPS) is 9.92. The Kier molecular flexibility index (Phi) is 3.60. The molecule has 12 heavy (non-hydrogen) atoms. The van der Waals surface area contributed by atoms with Crippen molar-refractivity contribution in [2.75, 3.05) is 11.9 Å². The Hall–Kier alpha value is -0.500. The molecule has 2 heteroatoms. The minimum absolute atomic E-state index is 1.03. The molecular weight excluding hydrogens is 214 g/mol. The lowest BCUT2D eigenvalue weighted by Gasteiger charge is -2.07. The van der Waals surface area contributed by atoms with Crippen molar-refractivity contribution in [3.05, 3.63) is 28.2 Å². The lowest BCUT2D eigenvalue weighted by atomic mass is 10.2. The third kappa shape index (κ3) is 2.52. The molecule has 1 rings (SSSR count). The zero-order valence-electron chi connectivity index (χ0n) is 7.52. The maximum Gasteiger partial charge on any atom is 0.0487 e. The quantitative estimate of drug-likeness (QED) is 0.833. The molecule has 0 aliphatic heterocycles. The van der Waals surface area contributed by atoms with Crippen molar-refractivity contribution >= 4 is 21.6 Å². The summed E-state index contributed by atoms with van der Waals surface area (Å²) < 4.78 is 1.14. The van der Waals surface area contributed by atoms with Gasteiger partial charge in [-0.1, -0.05) is 13.0 Å². The van der Waals surface area contributed by atoms with Crippen LogP contribution in [0.5, 0.6) is 0 Å². The molecule has 0 aliphatic rings. The van der Waals surface area contributed by atoms with Gasteiger partial charge in [0.05, 0.1) is 0 Å². The van der Waals surface area contributed by atoms with Crippen LogP contribution in [0.25, 0.3) is 0 Å². The van der Waals surface area contributed by atoms with Crippen LogP contribution in [0.2, 0.25) is 0 Å². The molecular formula is C10H14BrN. The van der Waals surface area contributed by atoms with Gasteiger partial charge >= 0.3 is 0 Å². The minimum Gasteiger partial charge on any atom is -0.384 e. The van der Waals surface area contributed by atoms with E-state index in [9.17, 15) is 0 Å². The summed E-state index contributed by atoms with van der Waals surface area (Å²) in [6.45, 7) is 5.29. The summed E-state index contributed by atoms with van der Waals surface area (Å²) in [4.78, 5) is 0. The van der Waals surface area contributed by atoms with E-state index >= 15 is 0 Å². The van der Waals surface area contributed by atoms with Gasteiger partial charge in [0.1, 0.15) is 0 Å². The fourth-order valence-electron chi connectivity index (χ4n) is 1.03. The monoisotopic (exact) mass is 227 g/mol. The van der Waals surface area contributed by atoms with Gasteiger partial charge in [0, 0.05) is 16.7 Å². The average Bonchev–Trinajstić information content (AvgIpc) is 2.07. The first-order chi connectivity index (χ1) is 5.74. The van der Waals surface area contributed by atoms with Gasteiger partial charge in [-0.25, -0.2) is 0 Å². The number of hydrogen-bond acceptors (Lipinski definition) is 1. The lowest BCUT2D eigenvalue weighted by molar-refractivity contribution is 0.978. The molecule has 0 aromatic heterocycles. The van der Waals surface area contributed by atoms with Crippen molar-refractivity contribution in [3.8, 4) is 0 Å². The first kappa shape index (κ1) is 9.59. The molecule has 0 radical (unpaired) electrons. The van der Waals surface area contributed by atoms with Crippen LogP contribution >= 0.6 is 15.9 Å². The Morgan fingerprint density at radius 1 is 1.42 bits per heavy atom. The second-order valence-electron chi connectivity index (χ2n) is 2.91. The predicted octanol–water partition coefficient (Wildman–Crippen LogP) is 3.58. The van der Waals surface area contributed by atoms with E-state index in [4.69, 9.17) is 0 Å². The van der Waals surface area contributed by atoms with Crippen LogP contribution < -0.4 is 5.32 Å². The van der Waals surface area contributed by atoms with Gasteiger partial charge < -0.3 is 5.32 Å². The molecule has 0 heterocycles. The van der Waals surface area contributed by atoms with Crippen LogP contribution in [0.4, 0.5) is 5.69 Å². The van der Waals surface area contributed by atoms with Gasteiger partial charge in [-0.15, -0.1) is 0 Å². The Balaban J connectivity index is 2.75. The van der Waals surface area contributed by atoms with E-state index in [1.807, 2.05) is 0 Å². The van der Waals surface area contributed by atoms with Crippen LogP contribution in [0.1, 0.15) is 18.9 Å². The molecule has 0 atom stereocenters. The van der Waals surface area contributed by atoms with Crippen molar-refractivity contribution in [2.24, 2.45) is 0 Å². The second-order valence-corrected chi connectivity index (χ2v) is 3.76. The summed E-state index contributed by atoms with van der Waals surface area (Å²) >= 11 is 3.50. The largest absolute Gasteiger partial charge is 0.384 e. The average molecular weight is 228 g/mol. The Labute approximate surface area is 82.3 Å². The zero-order valence-corrected chi connectivity index (χ0v) is 9.11. The molecule has 0 saturated carbocycles. The number of benzene rings is 1. The van der Waals surface area contributed by atoms with Gasteiger partial charge in [-0.05, 0) is 47.0 Å². The summed E-state index contributed by atoms with van der Waals surface area (Å²) in [6, 6.07) is 6.33. The number of anilines is 1. The summed E-state index contributed by atoms with van der Waals surface area (Å²) in [5.41, 5.74) is 2.48. The molecule has 0 bridgehead atoms. The van der Waals surface area contributed by atoms with E-state index in [1.165, 1.54) is 11.3 Å². The standard InChI is InChI=1S/C10H14BrN/c1-3-6-12-10-7-8(2)4-5-9(10)11/h4-5,7,12H,3,6H2,1-2H3. The van der Waals surface area contributed by atoms with E-state index < -0.39 is 0 Å². The Bertz CT molecular complexity index is 258. The molecule has 1 nitrogen and oxygen atoms in total. The van der Waals surface area contributed by atoms with Crippen LogP contribution in [0.15, 0.2) is 22.7 Å². The molecule has 0 amide bonds. The summed E-state index contributed by atoms with van der Waals surface area (Å²) in [7, 11) is 0. The van der Waals surface area contributed by atoms with Crippen LogP contribution in [-0.4, -0.2) is 6.54 Å². The molecule has 66 valence electrons. The second kappa shape index (κ2) is 4.51. The van der Waals surface area contributed by atoms with Crippen LogP contribution in [0.3, 0.4) is 0 Å².